The Hall–Kier alpha value is -2.74. The minimum absolute atomic E-state index is 0.0702. The average Bonchev–Trinajstić information content (AvgIpc) is 3.68. The molecule has 3 atom stereocenters. The first-order chi connectivity index (χ1) is 18.6. The zero-order valence-electron chi connectivity index (χ0n) is 22.8. The third kappa shape index (κ3) is 6.11. The van der Waals surface area contributed by atoms with Crippen molar-refractivity contribution in [1.29, 1.82) is 0 Å². The van der Waals surface area contributed by atoms with Crippen molar-refractivity contribution in [3.63, 3.8) is 0 Å². The fourth-order valence-electron chi connectivity index (χ4n) is 6.05. The lowest BCUT2D eigenvalue weighted by atomic mass is 9.97. The third-order valence-electron chi connectivity index (χ3n) is 8.19. The molecule has 0 amide bonds. The van der Waals surface area contributed by atoms with Crippen LogP contribution in [0.5, 0.6) is 5.75 Å². The van der Waals surface area contributed by atoms with Crippen molar-refractivity contribution in [2.45, 2.75) is 82.8 Å². The van der Waals surface area contributed by atoms with E-state index in [1.54, 1.807) is 13.3 Å². The summed E-state index contributed by atoms with van der Waals surface area (Å²) in [4.78, 5) is 24.6. The van der Waals surface area contributed by atoms with Crippen molar-refractivity contribution in [2.24, 2.45) is 5.92 Å². The quantitative estimate of drug-likeness (QED) is 0.294. The molecule has 3 unspecified atom stereocenters. The van der Waals surface area contributed by atoms with E-state index >= 15 is 4.39 Å². The Balaban J connectivity index is 1.16. The van der Waals surface area contributed by atoms with E-state index in [0.717, 1.165) is 92.0 Å². The molecular weight excluding hydrogens is 483 g/mol. The Morgan fingerprint density at radius 3 is 2.95 bits per heavy atom. The Morgan fingerprint density at radius 2 is 2.16 bits per heavy atom. The molecular formula is C30H41FN4O3. The fourth-order valence-corrected chi connectivity index (χ4v) is 6.05. The molecule has 3 aliphatic rings. The van der Waals surface area contributed by atoms with Gasteiger partial charge in [-0.15, -0.1) is 0 Å². The number of hydrogen-bond acceptors (Lipinski definition) is 7. The number of anilines is 1. The minimum atomic E-state index is -0.882. The molecule has 0 spiro atoms. The number of halogens is 1. The van der Waals surface area contributed by atoms with Crippen molar-refractivity contribution in [1.82, 2.24) is 14.9 Å². The third-order valence-corrected chi connectivity index (χ3v) is 8.19. The summed E-state index contributed by atoms with van der Waals surface area (Å²) in [6.07, 6.45) is 9.01. The summed E-state index contributed by atoms with van der Waals surface area (Å²) in [7, 11) is 1.71. The summed E-state index contributed by atoms with van der Waals surface area (Å²) in [5.41, 5.74) is 4.10. The van der Waals surface area contributed by atoms with Gasteiger partial charge in [-0.25, -0.2) is 14.2 Å². The van der Waals surface area contributed by atoms with Crippen molar-refractivity contribution in [3.8, 4) is 5.75 Å². The first-order valence-electron chi connectivity index (χ1n) is 14.4. The maximum Gasteiger partial charge on any atom is 0.328 e. The number of nitrogens with zero attached hydrogens (tertiary/aromatic N) is 3. The fraction of sp³-hybridized carbons (Fsp3) is 0.633. The molecule has 8 heteroatoms. The number of esters is 1. The minimum Gasteiger partial charge on any atom is -0.496 e. The van der Waals surface area contributed by atoms with Gasteiger partial charge >= 0.3 is 5.97 Å². The SMILES string of the molecule is CCOC(=O)C(c1cccnc1C1CC1)N1CCC(C(F)CCCCc2cc(OC)c3c(n2)NCCC3)C1. The van der Waals surface area contributed by atoms with Gasteiger partial charge in [-0.2, -0.15) is 0 Å². The summed E-state index contributed by atoms with van der Waals surface area (Å²) in [5, 5.41) is 3.38. The highest BCUT2D eigenvalue weighted by Gasteiger charge is 2.40. The van der Waals surface area contributed by atoms with E-state index < -0.39 is 12.2 Å². The van der Waals surface area contributed by atoms with Gasteiger partial charge in [0.25, 0.3) is 0 Å². The molecule has 2 aliphatic heterocycles. The van der Waals surface area contributed by atoms with Crippen LogP contribution in [-0.2, 0) is 22.4 Å². The van der Waals surface area contributed by atoms with E-state index in [4.69, 9.17) is 14.5 Å². The number of alkyl halides is 1. The number of unbranched alkanes of at least 4 members (excludes halogenated alkanes) is 1. The smallest absolute Gasteiger partial charge is 0.328 e. The molecule has 2 aromatic heterocycles. The summed E-state index contributed by atoms with van der Waals surface area (Å²) >= 11 is 0. The number of likely N-dealkylation sites (tertiary alicyclic amines) is 1. The maximum atomic E-state index is 15.4. The summed E-state index contributed by atoms with van der Waals surface area (Å²) in [6, 6.07) is 5.43. The van der Waals surface area contributed by atoms with Gasteiger partial charge in [0.1, 0.15) is 23.8 Å². The molecule has 1 aliphatic carbocycles. The van der Waals surface area contributed by atoms with Crippen molar-refractivity contribution in [3.05, 3.63) is 46.9 Å². The largest absolute Gasteiger partial charge is 0.496 e. The molecule has 0 bridgehead atoms. The molecule has 1 N–H and O–H groups in total. The lowest BCUT2D eigenvalue weighted by Gasteiger charge is -2.28. The van der Waals surface area contributed by atoms with E-state index in [0.29, 0.717) is 32.0 Å². The molecule has 5 rings (SSSR count). The number of aryl methyl sites for hydroxylation is 1. The van der Waals surface area contributed by atoms with E-state index in [1.165, 1.54) is 0 Å². The topological polar surface area (TPSA) is 76.6 Å². The van der Waals surface area contributed by atoms with Gasteiger partial charge in [0, 0.05) is 59.7 Å². The summed E-state index contributed by atoms with van der Waals surface area (Å²) in [5.74, 6) is 1.95. The predicted molar refractivity (Wildman–Crippen MR) is 145 cm³/mol. The van der Waals surface area contributed by atoms with Crippen LogP contribution in [0.15, 0.2) is 24.4 Å². The zero-order valence-corrected chi connectivity index (χ0v) is 22.8. The Bertz CT molecular complexity index is 1090. The molecule has 38 heavy (non-hydrogen) atoms. The number of rotatable bonds is 12. The second-order valence-corrected chi connectivity index (χ2v) is 10.9. The molecule has 0 radical (unpaired) electrons. The number of ether oxygens (including phenoxy) is 2. The molecule has 2 fully saturated rings. The first kappa shape index (κ1) is 26.9. The number of nitrogens with one attached hydrogen (secondary N) is 1. The second-order valence-electron chi connectivity index (χ2n) is 10.9. The number of fused-ring (bicyclic) bond motifs is 1. The number of aromatic nitrogens is 2. The van der Waals surface area contributed by atoms with Gasteiger partial charge in [0.2, 0.25) is 0 Å². The van der Waals surface area contributed by atoms with Gasteiger partial charge < -0.3 is 14.8 Å². The van der Waals surface area contributed by atoms with Gasteiger partial charge in [-0.3, -0.25) is 9.88 Å². The van der Waals surface area contributed by atoms with Crippen LogP contribution in [0.3, 0.4) is 0 Å². The molecule has 206 valence electrons. The Morgan fingerprint density at radius 1 is 1.29 bits per heavy atom. The lowest BCUT2D eigenvalue weighted by molar-refractivity contribution is -0.149. The second kappa shape index (κ2) is 12.4. The number of pyridine rings is 2. The highest BCUT2D eigenvalue weighted by molar-refractivity contribution is 5.78. The first-order valence-corrected chi connectivity index (χ1v) is 14.4. The Labute approximate surface area is 225 Å². The maximum absolute atomic E-state index is 15.4. The zero-order chi connectivity index (χ0) is 26.5. The molecule has 1 saturated heterocycles. The standard InChI is InChI=1S/C30H41FN4O3/c1-3-38-30(36)28(24-10-7-15-32-27(24)20-12-13-20)35-17-14-21(19-35)25(31)11-5-4-8-22-18-26(37-2)23-9-6-16-33-29(23)34-22/h7,10,15,18,20-21,25,28H,3-6,8-9,11-14,16-17,19H2,1-2H3,(H,33,34). The van der Waals surface area contributed by atoms with Crippen LogP contribution in [0.2, 0.25) is 0 Å². The van der Waals surface area contributed by atoms with E-state index in [9.17, 15) is 4.79 Å². The van der Waals surface area contributed by atoms with Gasteiger partial charge in [-0.1, -0.05) is 12.5 Å². The molecule has 1 saturated carbocycles. The van der Waals surface area contributed by atoms with Crippen LogP contribution >= 0.6 is 0 Å². The summed E-state index contributed by atoms with van der Waals surface area (Å²) < 4.78 is 26.5. The van der Waals surface area contributed by atoms with E-state index in [1.807, 2.05) is 25.1 Å². The number of carbonyl (C=O) groups is 1. The van der Waals surface area contributed by atoms with Crippen LogP contribution in [-0.4, -0.2) is 60.4 Å². The van der Waals surface area contributed by atoms with Gasteiger partial charge in [0.05, 0.1) is 13.7 Å². The number of hydrogen-bond donors (Lipinski definition) is 1. The van der Waals surface area contributed by atoms with E-state index in [-0.39, 0.29) is 11.9 Å². The monoisotopic (exact) mass is 524 g/mol. The molecule has 7 nitrogen and oxygen atoms in total. The normalized spacial score (nSPS) is 20.9. The average molecular weight is 525 g/mol. The van der Waals surface area contributed by atoms with Crippen LogP contribution < -0.4 is 10.1 Å². The van der Waals surface area contributed by atoms with Crippen molar-refractivity contribution >= 4 is 11.8 Å². The molecule has 0 aromatic carbocycles. The predicted octanol–water partition coefficient (Wildman–Crippen LogP) is 5.40. The van der Waals surface area contributed by atoms with Gasteiger partial charge in [-0.05, 0) is 70.9 Å². The summed E-state index contributed by atoms with van der Waals surface area (Å²) in [6.45, 7) is 4.36. The molecule has 2 aromatic rings. The highest BCUT2D eigenvalue weighted by atomic mass is 19.1. The van der Waals surface area contributed by atoms with Crippen molar-refractivity contribution in [2.75, 3.05) is 38.7 Å². The lowest BCUT2D eigenvalue weighted by Crippen LogP contribution is -2.35. The Kier molecular flexibility index (Phi) is 8.77. The molecule has 4 heterocycles. The van der Waals surface area contributed by atoms with Gasteiger partial charge in [0.15, 0.2) is 0 Å². The highest BCUT2D eigenvalue weighted by Crippen LogP contribution is 2.43. The van der Waals surface area contributed by atoms with Crippen LogP contribution in [0.4, 0.5) is 10.2 Å². The van der Waals surface area contributed by atoms with E-state index in [2.05, 4.69) is 15.2 Å². The van der Waals surface area contributed by atoms with Crippen LogP contribution in [0, 0.1) is 5.92 Å². The van der Waals surface area contributed by atoms with Crippen molar-refractivity contribution < 1.29 is 18.7 Å². The number of carbonyl (C=O) groups excluding carboxylic acids is 1. The number of methoxy groups -OCH3 is 1. The van der Waals surface area contributed by atoms with Crippen LogP contribution in [0.1, 0.15) is 86.3 Å². The van der Waals surface area contributed by atoms with Crippen LogP contribution in [0.25, 0.3) is 0 Å².